The van der Waals surface area contributed by atoms with Crippen molar-refractivity contribution in [2.24, 2.45) is 22.7 Å². The highest BCUT2D eigenvalue weighted by atomic mass is 16.6. The van der Waals surface area contributed by atoms with E-state index in [0.717, 1.165) is 0 Å². The van der Waals surface area contributed by atoms with Crippen molar-refractivity contribution >= 4 is 0 Å². The van der Waals surface area contributed by atoms with Crippen LogP contribution in [0, 0.1) is 22.7 Å². The topological polar surface area (TPSA) is 90.2 Å². The summed E-state index contributed by atoms with van der Waals surface area (Å²) in [7, 11) is 0. The van der Waals surface area contributed by atoms with E-state index in [1.807, 2.05) is 13.8 Å². The lowest BCUT2D eigenvalue weighted by Crippen LogP contribution is -2.58. The number of hydrogen-bond acceptors (Lipinski definition) is 5. The van der Waals surface area contributed by atoms with Crippen LogP contribution in [0.5, 0.6) is 0 Å². The number of rotatable bonds is 6. The molecule has 2 rings (SSSR count). The molecule has 0 aliphatic heterocycles. The first-order valence-electron chi connectivity index (χ1n) is 10.1. The number of aliphatic hydroxyl groups is 4. The third kappa shape index (κ3) is 4.79. The molecule has 0 amide bonds. The number of hydrogen-bond donors (Lipinski definition) is 4. The molecule has 4 atom stereocenters. The predicted molar refractivity (Wildman–Crippen MR) is 101 cm³/mol. The Kier molecular flexibility index (Phi) is 6.22. The van der Waals surface area contributed by atoms with Gasteiger partial charge in [0.2, 0.25) is 0 Å². The molecule has 0 heterocycles. The van der Waals surface area contributed by atoms with Gasteiger partial charge in [-0.15, -0.1) is 0 Å². The Bertz CT molecular complexity index is 467. The number of ether oxygens (including phenoxy) is 1. The zero-order valence-electron chi connectivity index (χ0n) is 17.5. The molecule has 0 aromatic carbocycles. The van der Waals surface area contributed by atoms with E-state index < -0.39 is 29.0 Å². The highest BCUT2D eigenvalue weighted by Gasteiger charge is 2.53. The molecular formula is C21H40O5. The zero-order chi connectivity index (χ0) is 20.0. The lowest BCUT2D eigenvalue weighted by Gasteiger charge is -2.53. The Labute approximate surface area is 158 Å². The molecule has 2 saturated carbocycles. The number of aliphatic hydroxyl groups excluding tert-OH is 2. The summed E-state index contributed by atoms with van der Waals surface area (Å²) in [5, 5.41) is 43.0. The minimum atomic E-state index is -1.14. The van der Waals surface area contributed by atoms with E-state index in [2.05, 4.69) is 27.7 Å². The van der Waals surface area contributed by atoms with Crippen LogP contribution < -0.4 is 0 Å². The quantitative estimate of drug-likeness (QED) is 0.538. The normalized spacial score (nSPS) is 38.9. The molecule has 5 heteroatoms. The van der Waals surface area contributed by atoms with Gasteiger partial charge in [-0.25, -0.2) is 0 Å². The zero-order valence-corrected chi connectivity index (χ0v) is 17.5. The van der Waals surface area contributed by atoms with E-state index in [1.54, 1.807) is 0 Å². The van der Waals surface area contributed by atoms with Crippen molar-refractivity contribution in [3.05, 3.63) is 0 Å². The molecule has 2 bridgehead atoms. The lowest BCUT2D eigenvalue weighted by atomic mass is 9.62. The molecule has 4 unspecified atom stereocenters. The van der Waals surface area contributed by atoms with Gasteiger partial charge in [0.05, 0.1) is 23.9 Å². The second-order valence-electron chi connectivity index (χ2n) is 10.9. The van der Waals surface area contributed by atoms with Gasteiger partial charge in [0.25, 0.3) is 0 Å². The molecule has 0 aromatic heterocycles. The molecule has 154 valence electrons. The average Bonchev–Trinajstić information content (AvgIpc) is 2.39. The van der Waals surface area contributed by atoms with E-state index >= 15 is 0 Å². The molecule has 0 radical (unpaired) electrons. The van der Waals surface area contributed by atoms with Crippen LogP contribution in [0.2, 0.25) is 0 Å². The van der Waals surface area contributed by atoms with Crippen LogP contribution in [0.4, 0.5) is 0 Å². The summed E-state index contributed by atoms with van der Waals surface area (Å²) in [6.07, 6.45) is 1.61. The van der Waals surface area contributed by atoms with Crippen LogP contribution >= 0.6 is 0 Å². The second-order valence-corrected chi connectivity index (χ2v) is 10.9. The maximum atomic E-state index is 11.0. The van der Waals surface area contributed by atoms with Gasteiger partial charge in [0.1, 0.15) is 0 Å². The van der Waals surface area contributed by atoms with Crippen LogP contribution in [0.15, 0.2) is 0 Å². The first-order chi connectivity index (χ1) is 11.7. The van der Waals surface area contributed by atoms with Crippen LogP contribution in [0.1, 0.15) is 80.1 Å². The van der Waals surface area contributed by atoms with Gasteiger partial charge in [0.15, 0.2) is 6.29 Å². The Balaban J connectivity index is 2.17. The third-order valence-electron chi connectivity index (χ3n) is 6.45. The van der Waals surface area contributed by atoms with E-state index in [9.17, 15) is 20.4 Å². The maximum Gasteiger partial charge on any atom is 0.162 e. The summed E-state index contributed by atoms with van der Waals surface area (Å²) in [5.74, 6) is 0.300. The Morgan fingerprint density at radius 3 is 1.92 bits per heavy atom. The van der Waals surface area contributed by atoms with Gasteiger partial charge in [-0.1, -0.05) is 41.5 Å². The van der Waals surface area contributed by atoms with Crippen LogP contribution in [-0.4, -0.2) is 50.6 Å². The second kappa shape index (κ2) is 7.32. The van der Waals surface area contributed by atoms with Crippen LogP contribution in [0.3, 0.4) is 0 Å². The van der Waals surface area contributed by atoms with Gasteiger partial charge >= 0.3 is 0 Å². The van der Waals surface area contributed by atoms with Gasteiger partial charge in [-0.05, 0) is 36.5 Å². The van der Waals surface area contributed by atoms with Crippen molar-refractivity contribution in [3.63, 3.8) is 0 Å². The SMILES string of the molecule is CC1CC2(O)CC(OC(O)C(CO)(CC(C)(C)C)C(C)C)CC(O)(C1)C2. The fraction of sp³-hybridized carbons (Fsp3) is 1.00. The molecule has 26 heavy (non-hydrogen) atoms. The van der Waals surface area contributed by atoms with Crippen molar-refractivity contribution in [2.75, 3.05) is 6.61 Å². The fourth-order valence-corrected chi connectivity index (χ4v) is 5.65. The Morgan fingerprint density at radius 2 is 1.54 bits per heavy atom. The highest BCUT2D eigenvalue weighted by Crippen LogP contribution is 2.50. The van der Waals surface area contributed by atoms with E-state index in [1.165, 1.54) is 0 Å². The van der Waals surface area contributed by atoms with Crippen molar-refractivity contribution < 1.29 is 25.2 Å². The molecule has 4 N–H and O–H groups in total. The maximum absolute atomic E-state index is 11.0. The molecule has 2 aliphatic rings. The molecule has 0 spiro atoms. The van der Waals surface area contributed by atoms with Crippen LogP contribution in [0.25, 0.3) is 0 Å². The van der Waals surface area contributed by atoms with Gasteiger partial charge in [-0.3, -0.25) is 0 Å². The fourth-order valence-electron chi connectivity index (χ4n) is 5.65. The summed E-state index contributed by atoms with van der Waals surface area (Å²) < 4.78 is 6.03. The molecule has 2 fully saturated rings. The highest BCUT2D eigenvalue weighted by molar-refractivity contribution is 5.04. The molecule has 5 nitrogen and oxygen atoms in total. The predicted octanol–water partition coefficient (Wildman–Crippen LogP) is 2.84. The van der Waals surface area contributed by atoms with Gasteiger partial charge in [0, 0.05) is 24.7 Å². The van der Waals surface area contributed by atoms with Crippen molar-refractivity contribution in [1.82, 2.24) is 0 Å². The summed E-state index contributed by atoms with van der Waals surface area (Å²) in [4.78, 5) is 0. The summed E-state index contributed by atoms with van der Waals surface area (Å²) in [6.45, 7) is 12.1. The largest absolute Gasteiger partial charge is 0.396 e. The monoisotopic (exact) mass is 372 g/mol. The first-order valence-corrected chi connectivity index (χ1v) is 10.1. The number of fused-ring (bicyclic) bond motifs is 2. The van der Waals surface area contributed by atoms with Crippen molar-refractivity contribution in [2.45, 2.75) is 104 Å². The van der Waals surface area contributed by atoms with Crippen molar-refractivity contribution in [3.8, 4) is 0 Å². The third-order valence-corrected chi connectivity index (χ3v) is 6.45. The van der Waals surface area contributed by atoms with E-state index in [0.29, 0.717) is 38.5 Å². The first kappa shape index (κ1) is 22.1. The Hall–Kier alpha value is -0.200. The summed E-state index contributed by atoms with van der Waals surface area (Å²) in [5.41, 5.74) is -2.72. The molecule has 0 saturated heterocycles. The van der Waals surface area contributed by atoms with Crippen molar-refractivity contribution in [1.29, 1.82) is 0 Å². The van der Waals surface area contributed by atoms with E-state index in [-0.39, 0.29) is 23.9 Å². The lowest BCUT2D eigenvalue weighted by molar-refractivity contribution is -0.266. The minimum Gasteiger partial charge on any atom is -0.396 e. The summed E-state index contributed by atoms with van der Waals surface area (Å²) in [6, 6.07) is 0. The smallest absolute Gasteiger partial charge is 0.162 e. The van der Waals surface area contributed by atoms with Crippen LogP contribution in [-0.2, 0) is 4.74 Å². The Morgan fingerprint density at radius 1 is 1.04 bits per heavy atom. The molecule has 0 aromatic rings. The molecular weight excluding hydrogens is 332 g/mol. The summed E-state index contributed by atoms with van der Waals surface area (Å²) >= 11 is 0. The van der Waals surface area contributed by atoms with Gasteiger partial charge < -0.3 is 25.2 Å². The molecule has 2 aliphatic carbocycles. The van der Waals surface area contributed by atoms with E-state index in [4.69, 9.17) is 4.74 Å². The standard InChI is InChI=1S/C21H40O5/c1-14(2)21(13-22,11-18(4,5)6)17(23)26-16-9-19(24)7-15(3)8-20(25,10-16)12-19/h14-17,22-25H,7-13H2,1-6H3. The van der Waals surface area contributed by atoms with Gasteiger partial charge in [-0.2, -0.15) is 0 Å². The minimum absolute atomic E-state index is 0.0241. The average molecular weight is 373 g/mol.